The van der Waals surface area contributed by atoms with Gasteiger partial charge in [0.15, 0.2) is 0 Å². The molecule has 0 saturated carbocycles. The molecule has 4 N–H and O–H groups in total. The van der Waals surface area contributed by atoms with Crippen molar-refractivity contribution in [2.75, 3.05) is 26.2 Å². The van der Waals surface area contributed by atoms with Crippen molar-refractivity contribution in [3.63, 3.8) is 0 Å². The smallest absolute Gasteiger partial charge is 0.240 e. The SMILES string of the molecule is Cc1ccc(S(=O)(=O)NCCNCCN)cc1. The van der Waals surface area contributed by atoms with Crippen LogP contribution < -0.4 is 15.8 Å². The fourth-order valence-corrected chi connectivity index (χ4v) is 2.33. The zero-order valence-electron chi connectivity index (χ0n) is 9.94. The highest BCUT2D eigenvalue weighted by Gasteiger charge is 2.11. The summed E-state index contributed by atoms with van der Waals surface area (Å²) < 4.78 is 26.1. The quantitative estimate of drug-likeness (QED) is 0.592. The zero-order chi connectivity index (χ0) is 12.7. The predicted molar refractivity (Wildman–Crippen MR) is 68.3 cm³/mol. The molecule has 0 aliphatic heterocycles. The summed E-state index contributed by atoms with van der Waals surface area (Å²) in [5.74, 6) is 0. The lowest BCUT2D eigenvalue weighted by Gasteiger charge is -2.07. The molecular formula is C11H19N3O2S. The molecular weight excluding hydrogens is 238 g/mol. The second kappa shape index (κ2) is 6.70. The molecule has 5 nitrogen and oxygen atoms in total. The zero-order valence-corrected chi connectivity index (χ0v) is 10.8. The molecule has 0 bridgehead atoms. The lowest BCUT2D eigenvalue weighted by molar-refractivity contribution is 0.576. The maximum Gasteiger partial charge on any atom is 0.240 e. The molecule has 0 fully saturated rings. The molecule has 0 saturated heterocycles. The van der Waals surface area contributed by atoms with Gasteiger partial charge in [-0.1, -0.05) is 17.7 Å². The molecule has 0 atom stereocenters. The minimum Gasteiger partial charge on any atom is -0.329 e. The van der Waals surface area contributed by atoms with Crippen molar-refractivity contribution < 1.29 is 8.42 Å². The molecule has 1 aromatic carbocycles. The van der Waals surface area contributed by atoms with Gasteiger partial charge in [-0.05, 0) is 19.1 Å². The molecule has 0 spiro atoms. The van der Waals surface area contributed by atoms with Gasteiger partial charge >= 0.3 is 0 Å². The van der Waals surface area contributed by atoms with E-state index in [0.717, 1.165) is 5.56 Å². The maximum absolute atomic E-state index is 11.8. The lowest BCUT2D eigenvalue weighted by Crippen LogP contribution is -2.33. The molecule has 0 heterocycles. The molecule has 0 aromatic heterocycles. The standard InChI is InChI=1S/C11H19N3O2S/c1-10-2-4-11(5-3-10)17(15,16)14-9-8-13-7-6-12/h2-5,13-14H,6-9,12H2,1H3. The van der Waals surface area contributed by atoms with Gasteiger partial charge in [0.2, 0.25) is 10.0 Å². The number of nitrogens with two attached hydrogens (primary N) is 1. The Balaban J connectivity index is 2.48. The first kappa shape index (κ1) is 14.1. The molecule has 0 radical (unpaired) electrons. The van der Waals surface area contributed by atoms with E-state index in [1.165, 1.54) is 0 Å². The number of benzene rings is 1. The predicted octanol–water partition coefficient (Wildman–Crippen LogP) is -0.178. The Kier molecular flexibility index (Phi) is 5.57. The third kappa shape index (κ3) is 4.82. The van der Waals surface area contributed by atoms with E-state index in [1.807, 2.05) is 6.92 Å². The van der Waals surface area contributed by atoms with Crippen LogP contribution in [-0.2, 0) is 10.0 Å². The number of hydrogen-bond acceptors (Lipinski definition) is 4. The summed E-state index contributed by atoms with van der Waals surface area (Å²) in [5.41, 5.74) is 6.34. The molecule has 96 valence electrons. The van der Waals surface area contributed by atoms with Gasteiger partial charge in [-0.15, -0.1) is 0 Å². The highest BCUT2D eigenvalue weighted by atomic mass is 32.2. The Labute approximate surface area is 102 Å². The topological polar surface area (TPSA) is 84.2 Å². The van der Waals surface area contributed by atoms with Crippen LogP contribution in [0.5, 0.6) is 0 Å². The largest absolute Gasteiger partial charge is 0.329 e. The first-order valence-corrected chi connectivity index (χ1v) is 7.02. The third-order valence-corrected chi connectivity index (χ3v) is 3.72. The first-order chi connectivity index (χ1) is 8.06. The number of rotatable bonds is 7. The molecule has 0 aliphatic rings. The van der Waals surface area contributed by atoms with E-state index in [1.54, 1.807) is 24.3 Å². The number of aryl methyl sites for hydroxylation is 1. The van der Waals surface area contributed by atoms with Gasteiger partial charge in [-0.25, -0.2) is 13.1 Å². The van der Waals surface area contributed by atoms with Crippen LogP contribution in [0, 0.1) is 6.92 Å². The average Bonchev–Trinajstić information content (AvgIpc) is 2.29. The molecule has 0 amide bonds. The number of nitrogens with one attached hydrogen (secondary N) is 2. The second-order valence-electron chi connectivity index (χ2n) is 3.75. The van der Waals surface area contributed by atoms with Gasteiger partial charge in [0.25, 0.3) is 0 Å². The fourth-order valence-electron chi connectivity index (χ4n) is 1.30. The van der Waals surface area contributed by atoms with Crippen molar-refractivity contribution in [2.24, 2.45) is 5.73 Å². The van der Waals surface area contributed by atoms with Crippen molar-refractivity contribution in [1.82, 2.24) is 10.0 Å². The van der Waals surface area contributed by atoms with Gasteiger partial charge in [0.1, 0.15) is 0 Å². The van der Waals surface area contributed by atoms with Gasteiger partial charge in [0.05, 0.1) is 4.90 Å². The molecule has 0 unspecified atom stereocenters. The van der Waals surface area contributed by atoms with Crippen molar-refractivity contribution in [2.45, 2.75) is 11.8 Å². The number of sulfonamides is 1. The Bertz CT molecular complexity index is 429. The van der Waals surface area contributed by atoms with Crippen molar-refractivity contribution in [3.8, 4) is 0 Å². The van der Waals surface area contributed by atoms with Crippen molar-refractivity contribution in [1.29, 1.82) is 0 Å². The normalized spacial score (nSPS) is 11.6. The van der Waals surface area contributed by atoms with Crippen LogP contribution in [0.3, 0.4) is 0 Å². The van der Waals surface area contributed by atoms with Crippen LogP contribution in [0.2, 0.25) is 0 Å². The van der Waals surface area contributed by atoms with Crippen LogP contribution in [0.25, 0.3) is 0 Å². The van der Waals surface area contributed by atoms with Gasteiger partial charge in [-0.3, -0.25) is 0 Å². The van der Waals surface area contributed by atoms with Crippen molar-refractivity contribution >= 4 is 10.0 Å². The summed E-state index contributed by atoms with van der Waals surface area (Å²) in [6.45, 7) is 4.08. The van der Waals surface area contributed by atoms with Gasteiger partial charge in [-0.2, -0.15) is 0 Å². The van der Waals surface area contributed by atoms with Gasteiger partial charge in [0, 0.05) is 26.2 Å². The third-order valence-electron chi connectivity index (χ3n) is 2.25. The summed E-state index contributed by atoms with van der Waals surface area (Å²) >= 11 is 0. The summed E-state index contributed by atoms with van der Waals surface area (Å²) in [6.07, 6.45) is 0. The van der Waals surface area contributed by atoms with E-state index in [4.69, 9.17) is 5.73 Å². The Morgan fingerprint density at radius 3 is 2.35 bits per heavy atom. The monoisotopic (exact) mass is 257 g/mol. The summed E-state index contributed by atoms with van der Waals surface area (Å²) in [5, 5.41) is 3.02. The van der Waals surface area contributed by atoms with Crippen LogP contribution in [0.4, 0.5) is 0 Å². The minimum absolute atomic E-state index is 0.293. The molecule has 17 heavy (non-hydrogen) atoms. The average molecular weight is 257 g/mol. The summed E-state index contributed by atoms with van der Waals surface area (Å²) in [4.78, 5) is 0.293. The molecule has 1 aromatic rings. The van der Waals surface area contributed by atoms with Gasteiger partial charge < -0.3 is 11.1 Å². The first-order valence-electron chi connectivity index (χ1n) is 5.53. The van der Waals surface area contributed by atoms with E-state index in [0.29, 0.717) is 31.1 Å². The number of hydrogen-bond donors (Lipinski definition) is 3. The van der Waals surface area contributed by atoms with E-state index in [2.05, 4.69) is 10.0 Å². The highest BCUT2D eigenvalue weighted by molar-refractivity contribution is 7.89. The highest BCUT2D eigenvalue weighted by Crippen LogP contribution is 2.09. The van der Waals surface area contributed by atoms with Crippen LogP contribution in [0.1, 0.15) is 5.56 Å². The molecule has 1 rings (SSSR count). The maximum atomic E-state index is 11.8. The Morgan fingerprint density at radius 1 is 1.12 bits per heavy atom. The second-order valence-corrected chi connectivity index (χ2v) is 5.52. The molecule has 6 heteroatoms. The molecule has 0 aliphatic carbocycles. The van der Waals surface area contributed by atoms with Crippen LogP contribution in [-0.4, -0.2) is 34.6 Å². The van der Waals surface area contributed by atoms with E-state index >= 15 is 0 Å². The lowest BCUT2D eigenvalue weighted by atomic mass is 10.2. The van der Waals surface area contributed by atoms with Crippen LogP contribution >= 0.6 is 0 Å². The van der Waals surface area contributed by atoms with Crippen molar-refractivity contribution in [3.05, 3.63) is 29.8 Å². The Morgan fingerprint density at radius 2 is 1.76 bits per heavy atom. The minimum atomic E-state index is -3.39. The van der Waals surface area contributed by atoms with Crippen LogP contribution in [0.15, 0.2) is 29.2 Å². The summed E-state index contributed by atoms with van der Waals surface area (Å²) in [7, 11) is -3.39. The Hall–Kier alpha value is -0.950. The fraction of sp³-hybridized carbons (Fsp3) is 0.455. The van der Waals surface area contributed by atoms with E-state index < -0.39 is 10.0 Å². The van der Waals surface area contributed by atoms with E-state index in [9.17, 15) is 8.42 Å². The summed E-state index contributed by atoms with van der Waals surface area (Å²) in [6, 6.07) is 6.76. The van der Waals surface area contributed by atoms with E-state index in [-0.39, 0.29) is 0 Å².